The number of hydrogen-bond acceptors (Lipinski definition) is 4. The van der Waals surface area contributed by atoms with Crippen molar-refractivity contribution in [3.05, 3.63) is 41.7 Å². The Balaban J connectivity index is 2.05. The van der Waals surface area contributed by atoms with Crippen LogP contribution in [0.2, 0.25) is 0 Å². The van der Waals surface area contributed by atoms with E-state index in [2.05, 4.69) is 20.5 Å². The zero-order valence-corrected chi connectivity index (χ0v) is 9.61. The minimum Gasteiger partial charge on any atom is -0.494 e. The summed E-state index contributed by atoms with van der Waals surface area (Å²) in [5.41, 5.74) is 0.490. The standard InChI is InChI=1S/C11H11FN4O2/c1-18-9-2-3-13-8(10(9)12)6-14-11(17)7-4-15-16-5-7/h2-5H,6H2,1H3,(H,14,17)(H,15,16). The SMILES string of the molecule is COc1ccnc(CNC(=O)c2cn[nH]c2)c1F. The van der Waals surface area contributed by atoms with Gasteiger partial charge in [-0.25, -0.2) is 4.39 Å². The normalized spacial score (nSPS) is 10.1. The quantitative estimate of drug-likeness (QED) is 0.844. The predicted octanol–water partition coefficient (Wildman–Crippen LogP) is 0.882. The molecule has 0 aromatic carbocycles. The van der Waals surface area contributed by atoms with E-state index in [0.29, 0.717) is 5.56 Å². The predicted molar refractivity (Wildman–Crippen MR) is 60.5 cm³/mol. The number of carbonyl (C=O) groups excluding carboxylic acids is 1. The van der Waals surface area contributed by atoms with Gasteiger partial charge >= 0.3 is 0 Å². The van der Waals surface area contributed by atoms with Crippen molar-refractivity contribution in [1.82, 2.24) is 20.5 Å². The topological polar surface area (TPSA) is 79.9 Å². The fourth-order valence-corrected chi connectivity index (χ4v) is 1.39. The van der Waals surface area contributed by atoms with Crippen LogP contribution in [-0.2, 0) is 6.54 Å². The van der Waals surface area contributed by atoms with Crippen LogP contribution in [-0.4, -0.2) is 28.2 Å². The van der Waals surface area contributed by atoms with Crippen LogP contribution >= 0.6 is 0 Å². The van der Waals surface area contributed by atoms with Crippen molar-refractivity contribution in [1.29, 1.82) is 0 Å². The van der Waals surface area contributed by atoms with Gasteiger partial charge in [0.25, 0.3) is 5.91 Å². The molecule has 2 N–H and O–H groups in total. The van der Waals surface area contributed by atoms with Crippen LogP contribution < -0.4 is 10.1 Å². The summed E-state index contributed by atoms with van der Waals surface area (Å²) in [7, 11) is 1.37. The Bertz CT molecular complexity index is 542. The molecule has 2 rings (SSSR count). The summed E-state index contributed by atoms with van der Waals surface area (Å²) < 4.78 is 18.5. The van der Waals surface area contributed by atoms with Crippen molar-refractivity contribution >= 4 is 5.91 Å². The summed E-state index contributed by atoms with van der Waals surface area (Å²) in [5, 5.41) is 8.70. The number of nitrogens with zero attached hydrogens (tertiary/aromatic N) is 2. The summed E-state index contributed by atoms with van der Waals surface area (Å²) in [4.78, 5) is 15.4. The van der Waals surface area contributed by atoms with E-state index >= 15 is 0 Å². The molecule has 0 fully saturated rings. The molecule has 94 valence electrons. The van der Waals surface area contributed by atoms with Crippen LogP contribution in [0.4, 0.5) is 4.39 Å². The minimum absolute atomic E-state index is 0.0208. The van der Waals surface area contributed by atoms with Crippen molar-refractivity contribution in [2.45, 2.75) is 6.54 Å². The zero-order valence-electron chi connectivity index (χ0n) is 9.61. The first-order valence-corrected chi connectivity index (χ1v) is 5.16. The summed E-state index contributed by atoms with van der Waals surface area (Å²) in [5.74, 6) is -0.835. The second kappa shape index (κ2) is 5.26. The van der Waals surface area contributed by atoms with E-state index < -0.39 is 5.82 Å². The maximum absolute atomic E-state index is 13.7. The molecule has 0 aliphatic carbocycles. The first kappa shape index (κ1) is 12.0. The first-order chi connectivity index (χ1) is 8.72. The molecule has 0 aliphatic rings. The molecular formula is C11H11FN4O2. The molecule has 0 unspecified atom stereocenters. The van der Waals surface area contributed by atoms with Gasteiger partial charge < -0.3 is 10.1 Å². The number of methoxy groups -OCH3 is 1. The van der Waals surface area contributed by atoms with Crippen LogP contribution in [0.15, 0.2) is 24.7 Å². The number of pyridine rings is 1. The Morgan fingerprint density at radius 2 is 2.44 bits per heavy atom. The lowest BCUT2D eigenvalue weighted by molar-refractivity contribution is 0.0950. The number of ether oxygens (including phenoxy) is 1. The van der Waals surface area contributed by atoms with E-state index in [-0.39, 0.29) is 23.9 Å². The molecule has 0 saturated heterocycles. The maximum Gasteiger partial charge on any atom is 0.254 e. The molecule has 0 radical (unpaired) electrons. The molecule has 0 spiro atoms. The Labute approximate surface area is 102 Å². The van der Waals surface area contributed by atoms with E-state index in [1.54, 1.807) is 0 Å². The van der Waals surface area contributed by atoms with Crippen molar-refractivity contribution < 1.29 is 13.9 Å². The number of aromatic nitrogens is 3. The van der Waals surface area contributed by atoms with E-state index in [0.717, 1.165) is 0 Å². The van der Waals surface area contributed by atoms with Crippen LogP contribution in [0.3, 0.4) is 0 Å². The molecule has 1 amide bonds. The van der Waals surface area contributed by atoms with Gasteiger partial charge in [-0.3, -0.25) is 14.9 Å². The average molecular weight is 250 g/mol. The monoisotopic (exact) mass is 250 g/mol. The van der Waals surface area contributed by atoms with Gasteiger partial charge in [-0.2, -0.15) is 5.10 Å². The molecule has 7 heteroatoms. The lowest BCUT2D eigenvalue weighted by Gasteiger charge is -2.07. The van der Waals surface area contributed by atoms with E-state index in [1.807, 2.05) is 0 Å². The number of hydrogen-bond donors (Lipinski definition) is 2. The van der Waals surface area contributed by atoms with Gasteiger partial charge in [-0.1, -0.05) is 0 Å². The van der Waals surface area contributed by atoms with Crippen molar-refractivity contribution in [2.24, 2.45) is 0 Å². The Morgan fingerprint density at radius 3 is 3.11 bits per heavy atom. The van der Waals surface area contributed by atoms with Crippen LogP contribution in [0, 0.1) is 5.82 Å². The Morgan fingerprint density at radius 1 is 1.61 bits per heavy atom. The van der Waals surface area contributed by atoms with Gasteiger partial charge in [-0.05, 0) is 0 Å². The third-order valence-corrected chi connectivity index (χ3v) is 2.32. The summed E-state index contributed by atoms with van der Waals surface area (Å²) >= 11 is 0. The van der Waals surface area contributed by atoms with E-state index in [4.69, 9.17) is 4.74 Å². The highest BCUT2D eigenvalue weighted by atomic mass is 19.1. The number of rotatable bonds is 4. The molecule has 0 atom stereocenters. The summed E-state index contributed by atoms with van der Waals surface area (Å²) in [6, 6.07) is 1.41. The number of amides is 1. The number of aromatic amines is 1. The molecule has 2 aromatic rings. The smallest absolute Gasteiger partial charge is 0.254 e. The number of halogens is 1. The van der Waals surface area contributed by atoms with Crippen LogP contribution in [0.25, 0.3) is 0 Å². The molecular weight excluding hydrogens is 239 g/mol. The lowest BCUT2D eigenvalue weighted by atomic mass is 10.3. The minimum atomic E-state index is -0.576. The van der Waals surface area contributed by atoms with Crippen molar-refractivity contribution in [2.75, 3.05) is 7.11 Å². The van der Waals surface area contributed by atoms with E-state index in [9.17, 15) is 9.18 Å². The molecule has 18 heavy (non-hydrogen) atoms. The zero-order chi connectivity index (χ0) is 13.0. The van der Waals surface area contributed by atoms with Crippen LogP contribution in [0.1, 0.15) is 16.1 Å². The highest BCUT2D eigenvalue weighted by Gasteiger charge is 2.12. The fourth-order valence-electron chi connectivity index (χ4n) is 1.39. The van der Waals surface area contributed by atoms with E-state index in [1.165, 1.54) is 31.8 Å². The molecule has 6 nitrogen and oxygen atoms in total. The fraction of sp³-hybridized carbons (Fsp3) is 0.182. The maximum atomic E-state index is 13.7. The highest BCUT2D eigenvalue weighted by Crippen LogP contribution is 2.17. The van der Waals surface area contributed by atoms with Gasteiger partial charge in [0.1, 0.15) is 0 Å². The molecule has 0 saturated carbocycles. The second-order valence-corrected chi connectivity index (χ2v) is 3.44. The Hall–Kier alpha value is -2.44. The highest BCUT2D eigenvalue weighted by molar-refractivity contribution is 5.93. The summed E-state index contributed by atoms with van der Waals surface area (Å²) in [6.07, 6.45) is 4.25. The molecule has 2 heterocycles. The van der Waals surface area contributed by atoms with Gasteiger partial charge in [0.15, 0.2) is 11.6 Å². The summed E-state index contributed by atoms with van der Waals surface area (Å²) in [6.45, 7) is -0.0208. The number of carbonyl (C=O) groups is 1. The lowest BCUT2D eigenvalue weighted by Crippen LogP contribution is -2.23. The third-order valence-electron chi connectivity index (χ3n) is 2.32. The average Bonchev–Trinajstić information content (AvgIpc) is 2.91. The largest absolute Gasteiger partial charge is 0.494 e. The second-order valence-electron chi connectivity index (χ2n) is 3.44. The van der Waals surface area contributed by atoms with Gasteiger partial charge in [0.05, 0.1) is 31.1 Å². The van der Waals surface area contributed by atoms with Crippen molar-refractivity contribution in [3.8, 4) is 5.75 Å². The van der Waals surface area contributed by atoms with Gasteiger partial charge in [0.2, 0.25) is 0 Å². The number of H-pyrrole nitrogens is 1. The molecule has 0 aliphatic heterocycles. The van der Waals surface area contributed by atoms with Gasteiger partial charge in [-0.15, -0.1) is 0 Å². The first-order valence-electron chi connectivity index (χ1n) is 5.16. The third kappa shape index (κ3) is 2.45. The van der Waals surface area contributed by atoms with Crippen LogP contribution in [0.5, 0.6) is 5.75 Å². The molecule has 2 aromatic heterocycles. The Kier molecular flexibility index (Phi) is 3.52. The number of nitrogens with one attached hydrogen (secondary N) is 2. The van der Waals surface area contributed by atoms with Gasteiger partial charge in [0, 0.05) is 18.5 Å². The van der Waals surface area contributed by atoms with Crippen molar-refractivity contribution in [3.63, 3.8) is 0 Å². The molecule has 0 bridgehead atoms.